The predicted octanol–water partition coefficient (Wildman–Crippen LogP) is 3.79. The lowest BCUT2D eigenvalue weighted by Gasteiger charge is -2.31. The minimum absolute atomic E-state index is 0.181. The Morgan fingerprint density at radius 2 is 2.05 bits per heavy atom. The van der Waals surface area contributed by atoms with Crippen LogP contribution in [0.5, 0.6) is 5.75 Å². The Bertz CT molecular complexity index is 502. The third-order valence-electron chi connectivity index (χ3n) is 3.81. The van der Waals surface area contributed by atoms with E-state index in [9.17, 15) is 4.79 Å². The molecule has 1 amide bonds. The fraction of sp³-hybridized carbons (Fsp3) is 0.562. The van der Waals surface area contributed by atoms with E-state index in [-0.39, 0.29) is 5.91 Å². The van der Waals surface area contributed by atoms with Crippen molar-refractivity contribution in [2.45, 2.75) is 31.8 Å². The summed E-state index contributed by atoms with van der Waals surface area (Å²) in [5.41, 5.74) is 0. The maximum atomic E-state index is 12.1. The summed E-state index contributed by atoms with van der Waals surface area (Å²) in [4.78, 5) is 14.0. The lowest BCUT2D eigenvalue weighted by molar-refractivity contribution is -0.133. The van der Waals surface area contributed by atoms with Gasteiger partial charge in [-0.25, -0.2) is 0 Å². The van der Waals surface area contributed by atoms with E-state index in [4.69, 9.17) is 32.7 Å². The second-order valence-corrected chi connectivity index (χ2v) is 6.19. The smallest absolute Gasteiger partial charge is 0.222 e. The molecule has 1 aliphatic heterocycles. The quantitative estimate of drug-likeness (QED) is 0.736. The van der Waals surface area contributed by atoms with E-state index >= 15 is 0 Å². The molecule has 1 heterocycles. The van der Waals surface area contributed by atoms with Gasteiger partial charge in [0.2, 0.25) is 5.91 Å². The van der Waals surface area contributed by atoms with Gasteiger partial charge >= 0.3 is 0 Å². The second kappa shape index (κ2) is 8.61. The van der Waals surface area contributed by atoms with E-state index in [2.05, 4.69) is 0 Å². The van der Waals surface area contributed by atoms with Gasteiger partial charge in [-0.1, -0.05) is 23.2 Å². The van der Waals surface area contributed by atoms with Gasteiger partial charge in [-0.2, -0.15) is 0 Å². The highest BCUT2D eigenvalue weighted by atomic mass is 35.5. The lowest BCUT2D eigenvalue weighted by Crippen LogP contribution is -2.40. The minimum Gasteiger partial charge on any atom is -0.492 e. The summed E-state index contributed by atoms with van der Waals surface area (Å²) in [5, 5.41) is 1.06. The lowest BCUT2D eigenvalue weighted by atomic mass is 10.1. The van der Waals surface area contributed by atoms with Crippen LogP contribution in [0, 0.1) is 0 Å². The molecule has 0 saturated carbocycles. The number of carbonyl (C=O) groups excluding carboxylic acids is 1. The number of nitrogens with zero attached hydrogens (tertiary/aromatic N) is 1. The topological polar surface area (TPSA) is 38.8 Å². The number of rotatable bonds is 6. The van der Waals surface area contributed by atoms with Gasteiger partial charge in [0.05, 0.1) is 17.7 Å². The van der Waals surface area contributed by atoms with Crippen molar-refractivity contribution in [2.24, 2.45) is 0 Å². The molecule has 0 aliphatic carbocycles. The molecule has 0 unspecified atom stereocenters. The highest BCUT2D eigenvalue weighted by Gasteiger charge is 2.21. The molecule has 1 fully saturated rings. The third-order valence-corrected chi connectivity index (χ3v) is 4.34. The molecule has 6 heteroatoms. The van der Waals surface area contributed by atoms with Crippen molar-refractivity contribution in [1.29, 1.82) is 0 Å². The van der Waals surface area contributed by atoms with Crippen LogP contribution in [-0.2, 0) is 9.53 Å². The van der Waals surface area contributed by atoms with E-state index in [1.807, 2.05) is 4.90 Å². The summed E-state index contributed by atoms with van der Waals surface area (Å²) in [6.07, 6.45) is 3.28. The normalized spacial score (nSPS) is 15.9. The SMILES string of the molecule is COC1CCN(C(=O)CCCOc2ccc(Cl)cc2Cl)CC1. The summed E-state index contributed by atoms with van der Waals surface area (Å²) < 4.78 is 10.9. The van der Waals surface area contributed by atoms with Crippen LogP contribution in [0.2, 0.25) is 10.0 Å². The fourth-order valence-corrected chi connectivity index (χ4v) is 2.96. The first kappa shape index (κ1) is 17.4. The molecule has 0 spiro atoms. The van der Waals surface area contributed by atoms with Crippen molar-refractivity contribution >= 4 is 29.1 Å². The van der Waals surface area contributed by atoms with Gasteiger partial charge in [0.1, 0.15) is 5.75 Å². The second-order valence-electron chi connectivity index (χ2n) is 5.34. The van der Waals surface area contributed by atoms with Gasteiger partial charge in [-0.05, 0) is 37.5 Å². The van der Waals surface area contributed by atoms with Gasteiger partial charge in [0, 0.05) is 31.6 Å². The van der Waals surface area contributed by atoms with Crippen LogP contribution < -0.4 is 4.74 Å². The molecule has 2 rings (SSSR count). The molecule has 1 aliphatic rings. The maximum absolute atomic E-state index is 12.1. The molecule has 1 saturated heterocycles. The first-order valence-corrected chi connectivity index (χ1v) is 8.24. The van der Waals surface area contributed by atoms with Crippen LogP contribution >= 0.6 is 23.2 Å². The zero-order chi connectivity index (χ0) is 15.9. The van der Waals surface area contributed by atoms with Crippen LogP contribution in [0.1, 0.15) is 25.7 Å². The van der Waals surface area contributed by atoms with Crippen LogP contribution in [0.3, 0.4) is 0 Å². The Kier molecular flexibility index (Phi) is 6.80. The predicted molar refractivity (Wildman–Crippen MR) is 87.8 cm³/mol. The molecule has 1 aromatic rings. The Labute approximate surface area is 141 Å². The zero-order valence-electron chi connectivity index (χ0n) is 12.7. The standard InChI is InChI=1S/C16H21Cl2NO3/c1-21-13-6-8-19(9-7-13)16(20)3-2-10-22-15-5-4-12(17)11-14(15)18/h4-5,11,13H,2-3,6-10H2,1H3. The zero-order valence-corrected chi connectivity index (χ0v) is 14.2. The number of halogens is 2. The van der Waals surface area contributed by atoms with Gasteiger partial charge in [0.15, 0.2) is 0 Å². The van der Waals surface area contributed by atoms with Crippen LogP contribution in [0.25, 0.3) is 0 Å². The number of amides is 1. The number of methoxy groups -OCH3 is 1. The van der Waals surface area contributed by atoms with Gasteiger partial charge in [-0.3, -0.25) is 4.79 Å². The molecule has 4 nitrogen and oxygen atoms in total. The molecule has 122 valence electrons. The summed E-state index contributed by atoms with van der Waals surface area (Å²) in [6, 6.07) is 5.11. The molecule has 22 heavy (non-hydrogen) atoms. The summed E-state index contributed by atoms with van der Waals surface area (Å²) >= 11 is 11.9. The van der Waals surface area contributed by atoms with Crippen molar-refractivity contribution in [3.8, 4) is 5.75 Å². The first-order chi connectivity index (χ1) is 10.6. The Hall–Kier alpha value is -0.970. The van der Waals surface area contributed by atoms with E-state index in [1.54, 1.807) is 25.3 Å². The van der Waals surface area contributed by atoms with E-state index < -0.39 is 0 Å². The average molecular weight is 346 g/mol. The third kappa shape index (κ3) is 5.04. The largest absolute Gasteiger partial charge is 0.492 e. The molecule has 1 aromatic carbocycles. The van der Waals surface area contributed by atoms with Crippen molar-refractivity contribution in [1.82, 2.24) is 4.90 Å². The van der Waals surface area contributed by atoms with E-state index in [0.29, 0.717) is 41.3 Å². The highest BCUT2D eigenvalue weighted by molar-refractivity contribution is 6.35. The average Bonchev–Trinajstić information content (AvgIpc) is 2.53. The molecule has 0 aromatic heterocycles. The number of ether oxygens (including phenoxy) is 2. The Balaban J connectivity index is 1.67. The Morgan fingerprint density at radius 1 is 1.32 bits per heavy atom. The number of piperidine rings is 1. The van der Waals surface area contributed by atoms with Crippen LogP contribution in [0.4, 0.5) is 0 Å². The number of benzene rings is 1. The van der Waals surface area contributed by atoms with Crippen LogP contribution in [-0.4, -0.2) is 43.7 Å². The summed E-state index contributed by atoms with van der Waals surface area (Å²) in [7, 11) is 1.72. The van der Waals surface area contributed by atoms with Gasteiger partial charge in [0.25, 0.3) is 0 Å². The summed E-state index contributed by atoms with van der Waals surface area (Å²) in [5.74, 6) is 0.778. The molecular formula is C16H21Cl2NO3. The van der Waals surface area contributed by atoms with Crippen molar-refractivity contribution in [2.75, 3.05) is 26.8 Å². The van der Waals surface area contributed by atoms with E-state index in [0.717, 1.165) is 25.9 Å². The molecule has 0 N–H and O–H groups in total. The van der Waals surface area contributed by atoms with E-state index in [1.165, 1.54) is 0 Å². The maximum Gasteiger partial charge on any atom is 0.222 e. The van der Waals surface area contributed by atoms with Crippen molar-refractivity contribution in [3.05, 3.63) is 28.2 Å². The first-order valence-electron chi connectivity index (χ1n) is 7.48. The fourth-order valence-electron chi connectivity index (χ4n) is 2.50. The highest BCUT2D eigenvalue weighted by Crippen LogP contribution is 2.27. The minimum atomic E-state index is 0.181. The molecular weight excluding hydrogens is 325 g/mol. The Morgan fingerprint density at radius 3 is 2.68 bits per heavy atom. The van der Waals surface area contributed by atoms with Crippen molar-refractivity contribution < 1.29 is 14.3 Å². The monoisotopic (exact) mass is 345 g/mol. The van der Waals surface area contributed by atoms with Gasteiger partial charge in [-0.15, -0.1) is 0 Å². The number of hydrogen-bond acceptors (Lipinski definition) is 3. The van der Waals surface area contributed by atoms with Gasteiger partial charge < -0.3 is 14.4 Å². The molecule has 0 atom stereocenters. The van der Waals surface area contributed by atoms with Crippen molar-refractivity contribution in [3.63, 3.8) is 0 Å². The number of carbonyl (C=O) groups is 1. The number of hydrogen-bond donors (Lipinski definition) is 0. The van der Waals surface area contributed by atoms with Crippen LogP contribution in [0.15, 0.2) is 18.2 Å². The molecule has 0 radical (unpaired) electrons. The number of likely N-dealkylation sites (tertiary alicyclic amines) is 1. The summed E-state index contributed by atoms with van der Waals surface area (Å²) in [6.45, 7) is 2.02. The molecule has 0 bridgehead atoms.